The second kappa shape index (κ2) is 6.03. The van der Waals surface area contributed by atoms with Crippen molar-refractivity contribution in [2.45, 2.75) is 37.1 Å². The van der Waals surface area contributed by atoms with Crippen molar-refractivity contribution in [2.75, 3.05) is 6.54 Å². The Hall–Kier alpha value is -1.24. The molecule has 1 fully saturated rings. The molecule has 1 saturated carbocycles. The molecule has 1 aromatic rings. The Morgan fingerprint density at radius 2 is 2.15 bits per heavy atom. The molecule has 0 aromatic heterocycles. The van der Waals surface area contributed by atoms with Gasteiger partial charge in [-0.05, 0) is 44.4 Å². The largest absolute Gasteiger partial charge is 0.330 e. The normalized spacial score (nSPS) is 22.9. The molecule has 110 valence electrons. The van der Waals surface area contributed by atoms with Crippen LogP contribution in [0.15, 0.2) is 29.2 Å². The monoisotopic (exact) mass is 296 g/mol. The number of Topliss-reactive ketones (excluding diaryl/α,β-unsaturated/α-hetero) is 1. The number of benzene rings is 1. The topological polar surface area (TPSA) is 89.3 Å². The maximum Gasteiger partial charge on any atom is 0.240 e. The number of rotatable bonds is 5. The highest BCUT2D eigenvalue weighted by molar-refractivity contribution is 7.89. The van der Waals surface area contributed by atoms with Crippen LogP contribution in [-0.4, -0.2) is 26.8 Å². The Bertz CT molecular complexity index is 598. The molecule has 5 nitrogen and oxygen atoms in total. The average molecular weight is 296 g/mol. The van der Waals surface area contributed by atoms with Crippen molar-refractivity contribution in [3.8, 4) is 0 Å². The van der Waals surface area contributed by atoms with Gasteiger partial charge in [0.05, 0.1) is 4.90 Å². The van der Waals surface area contributed by atoms with Crippen molar-refractivity contribution in [3.63, 3.8) is 0 Å². The van der Waals surface area contributed by atoms with Crippen LogP contribution in [-0.2, 0) is 10.0 Å². The second-order valence-corrected chi connectivity index (χ2v) is 6.95. The Kier molecular flexibility index (Phi) is 4.57. The highest BCUT2D eigenvalue weighted by atomic mass is 32.2. The molecule has 2 unspecified atom stereocenters. The molecule has 2 atom stereocenters. The van der Waals surface area contributed by atoms with Gasteiger partial charge < -0.3 is 5.73 Å². The van der Waals surface area contributed by atoms with Gasteiger partial charge in [-0.1, -0.05) is 18.6 Å². The lowest BCUT2D eigenvalue weighted by atomic mass is 10.1. The van der Waals surface area contributed by atoms with Gasteiger partial charge in [0, 0.05) is 11.6 Å². The van der Waals surface area contributed by atoms with E-state index in [4.69, 9.17) is 5.73 Å². The van der Waals surface area contributed by atoms with Gasteiger partial charge in [0.15, 0.2) is 5.78 Å². The van der Waals surface area contributed by atoms with Gasteiger partial charge in [0.25, 0.3) is 0 Å². The van der Waals surface area contributed by atoms with Gasteiger partial charge in [-0.2, -0.15) is 0 Å². The second-order valence-electron chi connectivity index (χ2n) is 5.24. The third-order valence-electron chi connectivity index (χ3n) is 3.82. The van der Waals surface area contributed by atoms with Crippen molar-refractivity contribution in [1.82, 2.24) is 4.72 Å². The number of nitrogens with two attached hydrogens (primary N) is 1. The lowest BCUT2D eigenvalue weighted by molar-refractivity contribution is 0.101. The van der Waals surface area contributed by atoms with Crippen molar-refractivity contribution >= 4 is 15.8 Å². The van der Waals surface area contributed by atoms with E-state index in [0.717, 1.165) is 19.3 Å². The highest BCUT2D eigenvalue weighted by Gasteiger charge is 2.30. The molecular formula is C14H20N2O3S. The minimum atomic E-state index is -3.60. The van der Waals surface area contributed by atoms with E-state index in [9.17, 15) is 13.2 Å². The van der Waals surface area contributed by atoms with Crippen LogP contribution in [0.4, 0.5) is 0 Å². The van der Waals surface area contributed by atoms with E-state index in [2.05, 4.69) is 4.72 Å². The number of hydrogen-bond donors (Lipinski definition) is 2. The molecule has 0 saturated heterocycles. The van der Waals surface area contributed by atoms with Crippen LogP contribution in [0.5, 0.6) is 0 Å². The molecule has 0 heterocycles. The summed E-state index contributed by atoms with van der Waals surface area (Å²) < 4.78 is 27.4. The van der Waals surface area contributed by atoms with Crippen molar-refractivity contribution in [1.29, 1.82) is 0 Å². The molecule has 1 aliphatic carbocycles. The third kappa shape index (κ3) is 3.26. The molecule has 1 aromatic carbocycles. The van der Waals surface area contributed by atoms with E-state index in [1.54, 1.807) is 12.1 Å². The summed E-state index contributed by atoms with van der Waals surface area (Å²) in [6.45, 7) is 1.90. The maximum absolute atomic E-state index is 12.4. The zero-order valence-electron chi connectivity index (χ0n) is 11.5. The number of ketones is 1. The Morgan fingerprint density at radius 1 is 1.40 bits per heavy atom. The number of carbonyl (C=O) groups is 1. The SMILES string of the molecule is CC(=O)c1cccc(S(=O)(=O)NC2CCCC2CN)c1. The molecule has 0 amide bonds. The Morgan fingerprint density at radius 3 is 2.80 bits per heavy atom. The maximum atomic E-state index is 12.4. The van der Waals surface area contributed by atoms with Crippen LogP contribution in [0.2, 0.25) is 0 Å². The van der Waals surface area contributed by atoms with E-state index in [1.165, 1.54) is 19.1 Å². The number of hydrogen-bond acceptors (Lipinski definition) is 4. The predicted molar refractivity (Wildman–Crippen MR) is 77.0 cm³/mol. The first-order valence-corrected chi connectivity index (χ1v) is 8.26. The Balaban J connectivity index is 2.22. The quantitative estimate of drug-likeness (QED) is 0.801. The van der Waals surface area contributed by atoms with Gasteiger partial charge in [0.2, 0.25) is 10.0 Å². The average Bonchev–Trinajstić information content (AvgIpc) is 2.85. The summed E-state index contributed by atoms with van der Waals surface area (Å²) in [6.07, 6.45) is 2.76. The van der Waals surface area contributed by atoms with Crippen molar-refractivity contribution < 1.29 is 13.2 Å². The summed E-state index contributed by atoms with van der Waals surface area (Å²) in [5, 5.41) is 0. The first-order valence-electron chi connectivity index (χ1n) is 6.77. The molecule has 3 N–H and O–H groups in total. The Labute approximate surface area is 119 Å². The fourth-order valence-electron chi connectivity index (χ4n) is 2.62. The van der Waals surface area contributed by atoms with Crippen LogP contribution in [0.1, 0.15) is 36.5 Å². The van der Waals surface area contributed by atoms with Crippen molar-refractivity contribution in [2.24, 2.45) is 11.7 Å². The molecular weight excluding hydrogens is 276 g/mol. The lowest BCUT2D eigenvalue weighted by Gasteiger charge is -2.19. The highest BCUT2D eigenvalue weighted by Crippen LogP contribution is 2.26. The predicted octanol–water partition coefficient (Wildman–Crippen LogP) is 1.29. The van der Waals surface area contributed by atoms with Gasteiger partial charge in [-0.3, -0.25) is 4.79 Å². The first kappa shape index (κ1) is 15.2. The molecule has 1 aliphatic rings. The van der Waals surface area contributed by atoms with E-state index in [1.807, 2.05) is 0 Å². The lowest BCUT2D eigenvalue weighted by Crippen LogP contribution is -2.39. The third-order valence-corrected chi connectivity index (χ3v) is 5.31. The van der Waals surface area contributed by atoms with Crippen LogP contribution in [0, 0.1) is 5.92 Å². The fourth-order valence-corrected chi connectivity index (χ4v) is 4.01. The van der Waals surface area contributed by atoms with E-state index in [0.29, 0.717) is 12.1 Å². The van der Waals surface area contributed by atoms with E-state index in [-0.39, 0.29) is 22.6 Å². The van der Waals surface area contributed by atoms with Crippen molar-refractivity contribution in [3.05, 3.63) is 29.8 Å². The minimum Gasteiger partial charge on any atom is -0.330 e. The van der Waals surface area contributed by atoms with Gasteiger partial charge >= 0.3 is 0 Å². The summed E-state index contributed by atoms with van der Waals surface area (Å²) in [5.74, 6) is 0.0449. The summed E-state index contributed by atoms with van der Waals surface area (Å²) in [6, 6.07) is 6.00. The molecule has 6 heteroatoms. The number of nitrogens with one attached hydrogen (secondary N) is 1. The van der Waals surface area contributed by atoms with Gasteiger partial charge in [-0.25, -0.2) is 13.1 Å². The zero-order valence-corrected chi connectivity index (χ0v) is 12.3. The fraction of sp³-hybridized carbons (Fsp3) is 0.500. The number of carbonyl (C=O) groups excluding carboxylic acids is 1. The molecule has 2 rings (SSSR count). The summed E-state index contributed by atoms with van der Waals surface area (Å²) in [4.78, 5) is 11.5. The first-order chi connectivity index (χ1) is 9.44. The number of sulfonamides is 1. The van der Waals surface area contributed by atoms with Crippen LogP contribution >= 0.6 is 0 Å². The van der Waals surface area contributed by atoms with Gasteiger partial charge in [-0.15, -0.1) is 0 Å². The molecule has 0 bridgehead atoms. The molecule has 0 spiro atoms. The van der Waals surface area contributed by atoms with Crippen LogP contribution in [0.25, 0.3) is 0 Å². The summed E-state index contributed by atoms with van der Waals surface area (Å²) in [7, 11) is -3.60. The van der Waals surface area contributed by atoms with Crippen LogP contribution < -0.4 is 10.5 Å². The smallest absolute Gasteiger partial charge is 0.240 e. The molecule has 0 aliphatic heterocycles. The van der Waals surface area contributed by atoms with E-state index >= 15 is 0 Å². The standard InChI is InChI=1S/C14H20N2O3S/c1-10(17)11-4-2-6-13(8-11)20(18,19)16-14-7-3-5-12(14)9-15/h2,4,6,8,12,14,16H,3,5,7,9,15H2,1H3. The van der Waals surface area contributed by atoms with E-state index < -0.39 is 10.0 Å². The van der Waals surface area contributed by atoms with Gasteiger partial charge in [0.1, 0.15) is 0 Å². The zero-order chi connectivity index (χ0) is 14.8. The van der Waals surface area contributed by atoms with Crippen LogP contribution in [0.3, 0.4) is 0 Å². The molecule has 20 heavy (non-hydrogen) atoms. The summed E-state index contributed by atoms with van der Waals surface area (Å²) >= 11 is 0. The minimum absolute atomic E-state index is 0.106. The summed E-state index contributed by atoms with van der Waals surface area (Å²) in [5.41, 5.74) is 6.06. The molecule has 0 radical (unpaired) electrons.